The van der Waals surface area contributed by atoms with Gasteiger partial charge < -0.3 is 0 Å². The van der Waals surface area contributed by atoms with Crippen molar-refractivity contribution in [2.24, 2.45) is 7.05 Å². The molecule has 0 N–H and O–H groups in total. The van der Waals surface area contributed by atoms with Gasteiger partial charge in [-0.15, -0.1) is 0 Å². The van der Waals surface area contributed by atoms with Gasteiger partial charge in [0.1, 0.15) is 0 Å². The van der Waals surface area contributed by atoms with E-state index in [2.05, 4.69) is 22.2 Å². The van der Waals surface area contributed by atoms with E-state index in [1.165, 1.54) is 14.7 Å². The van der Waals surface area contributed by atoms with Crippen LogP contribution in [0, 0.1) is 13.8 Å². The molecule has 4 rings (SSSR count). The zero-order valence-corrected chi connectivity index (χ0v) is 18.7. The molecule has 0 amide bonds. The maximum atomic E-state index is 13.5. The minimum absolute atomic E-state index is 0.0353. The maximum absolute atomic E-state index is 13.5. The lowest BCUT2D eigenvalue weighted by Crippen LogP contribution is -2.40. The summed E-state index contributed by atoms with van der Waals surface area (Å²) in [5.74, 6) is 0.546. The van der Waals surface area contributed by atoms with Gasteiger partial charge in [-0.2, -0.15) is 10.1 Å². The van der Waals surface area contributed by atoms with Crippen LogP contribution in [-0.2, 0) is 20.0 Å². The highest BCUT2D eigenvalue weighted by Gasteiger charge is 2.23. The minimum atomic E-state index is -0.348. The number of imidazole rings is 1. The van der Waals surface area contributed by atoms with Crippen molar-refractivity contribution in [3.63, 3.8) is 0 Å². The molecule has 4 aromatic rings. The van der Waals surface area contributed by atoms with Gasteiger partial charge in [0.15, 0.2) is 11.2 Å². The lowest BCUT2D eigenvalue weighted by molar-refractivity contribution is 0.558. The Morgan fingerprint density at radius 1 is 1.06 bits per heavy atom. The number of aromatic nitrogens is 6. The fourth-order valence-electron chi connectivity index (χ4n) is 4.08. The first kappa shape index (κ1) is 20.8. The number of rotatable bonds is 6. The molecule has 31 heavy (non-hydrogen) atoms. The maximum Gasteiger partial charge on any atom is 0.332 e. The topological polar surface area (TPSA) is 79.6 Å². The number of fused-ring (bicyclic) bond motifs is 1. The lowest BCUT2D eigenvalue weighted by atomic mass is 10.1. The van der Waals surface area contributed by atoms with Gasteiger partial charge in [-0.3, -0.25) is 18.5 Å². The van der Waals surface area contributed by atoms with Crippen molar-refractivity contribution >= 4 is 11.2 Å². The van der Waals surface area contributed by atoms with Gasteiger partial charge in [0.2, 0.25) is 5.95 Å². The fraction of sp³-hybridized carbons (Fsp3) is 0.391. The Labute approximate surface area is 180 Å². The van der Waals surface area contributed by atoms with E-state index >= 15 is 0 Å². The van der Waals surface area contributed by atoms with Crippen LogP contribution < -0.4 is 11.2 Å². The number of hydrogen-bond acceptors (Lipinski definition) is 4. The van der Waals surface area contributed by atoms with Crippen LogP contribution in [0.3, 0.4) is 0 Å². The number of nitrogens with zero attached hydrogens (tertiary/aromatic N) is 6. The molecular weight excluding hydrogens is 392 g/mol. The highest BCUT2D eigenvalue weighted by atomic mass is 16.2. The Morgan fingerprint density at radius 2 is 1.77 bits per heavy atom. The Bertz CT molecular complexity index is 1350. The molecule has 0 bridgehead atoms. The molecule has 0 atom stereocenters. The third-order valence-corrected chi connectivity index (χ3v) is 5.56. The van der Waals surface area contributed by atoms with Gasteiger partial charge in [0.05, 0.1) is 5.69 Å². The summed E-state index contributed by atoms with van der Waals surface area (Å²) >= 11 is 0. The normalized spacial score (nSPS) is 11.7. The molecule has 0 aliphatic heterocycles. The second-order valence-electron chi connectivity index (χ2n) is 8.27. The standard InChI is InChI=1S/C23H28N6O2/c1-15(2)28-19-20(24-22(28)29-17(4)14-16(3)25-29)26(5)23(31)27(21(19)30)13-9-12-18-10-7-6-8-11-18/h6-8,10-11,14-15H,9,12-13H2,1-5H3. The third kappa shape index (κ3) is 3.62. The van der Waals surface area contributed by atoms with Crippen LogP contribution in [0.2, 0.25) is 0 Å². The average molecular weight is 421 g/mol. The predicted molar refractivity (Wildman–Crippen MR) is 121 cm³/mol. The number of hydrogen-bond donors (Lipinski definition) is 0. The van der Waals surface area contributed by atoms with E-state index in [0.717, 1.165) is 17.8 Å². The van der Waals surface area contributed by atoms with Crippen molar-refractivity contribution in [1.29, 1.82) is 0 Å². The van der Waals surface area contributed by atoms with Gasteiger partial charge in [-0.25, -0.2) is 9.48 Å². The summed E-state index contributed by atoms with van der Waals surface area (Å²) in [7, 11) is 1.67. The summed E-state index contributed by atoms with van der Waals surface area (Å²) in [5, 5.41) is 4.54. The van der Waals surface area contributed by atoms with Crippen molar-refractivity contribution in [2.45, 2.75) is 53.1 Å². The first-order valence-corrected chi connectivity index (χ1v) is 10.6. The molecule has 8 nitrogen and oxygen atoms in total. The predicted octanol–water partition coefficient (Wildman–Crippen LogP) is 2.91. The summed E-state index contributed by atoms with van der Waals surface area (Å²) < 4.78 is 6.41. The molecule has 3 heterocycles. The van der Waals surface area contributed by atoms with Crippen LogP contribution in [0.15, 0.2) is 46.0 Å². The molecule has 0 saturated carbocycles. The molecule has 3 aromatic heterocycles. The highest BCUT2D eigenvalue weighted by molar-refractivity contribution is 5.73. The fourth-order valence-corrected chi connectivity index (χ4v) is 4.08. The summed E-state index contributed by atoms with van der Waals surface area (Å²) in [6.45, 7) is 8.22. The third-order valence-electron chi connectivity index (χ3n) is 5.56. The molecule has 0 saturated heterocycles. The van der Waals surface area contributed by atoms with E-state index in [1.807, 2.05) is 56.5 Å². The zero-order chi connectivity index (χ0) is 22.3. The minimum Gasteiger partial charge on any atom is -0.300 e. The molecule has 162 valence electrons. The highest BCUT2D eigenvalue weighted by Crippen LogP contribution is 2.21. The monoisotopic (exact) mass is 420 g/mol. The quantitative estimate of drug-likeness (QED) is 0.480. The summed E-state index contributed by atoms with van der Waals surface area (Å²) in [5.41, 5.74) is 3.13. The van der Waals surface area contributed by atoms with Crippen molar-refractivity contribution in [1.82, 2.24) is 28.5 Å². The molecule has 0 aliphatic carbocycles. The van der Waals surface area contributed by atoms with Gasteiger partial charge in [-0.05, 0) is 52.2 Å². The van der Waals surface area contributed by atoms with Gasteiger partial charge >= 0.3 is 5.69 Å². The largest absolute Gasteiger partial charge is 0.332 e. The van der Waals surface area contributed by atoms with Crippen molar-refractivity contribution in [2.75, 3.05) is 0 Å². The van der Waals surface area contributed by atoms with Gasteiger partial charge in [0, 0.05) is 25.3 Å². The molecule has 0 aliphatic rings. The lowest BCUT2D eigenvalue weighted by Gasteiger charge is -2.14. The summed E-state index contributed by atoms with van der Waals surface area (Å²) in [6, 6.07) is 12.0. The first-order chi connectivity index (χ1) is 14.8. The van der Waals surface area contributed by atoms with Crippen LogP contribution in [0.1, 0.15) is 43.3 Å². The molecule has 0 radical (unpaired) electrons. The van der Waals surface area contributed by atoms with Crippen LogP contribution in [0.5, 0.6) is 0 Å². The van der Waals surface area contributed by atoms with Crippen LogP contribution in [0.4, 0.5) is 0 Å². The van der Waals surface area contributed by atoms with Crippen molar-refractivity contribution < 1.29 is 0 Å². The number of aryl methyl sites for hydroxylation is 4. The van der Waals surface area contributed by atoms with Crippen LogP contribution in [0.25, 0.3) is 17.1 Å². The molecule has 0 spiro atoms. The van der Waals surface area contributed by atoms with E-state index in [4.69, 9.17) is 0 Å². The zero-order valence-electron chi connectivity index (χ0n) is 18.7. The van der Waals surface area contributed by atoms with E-state index < -0.39 is 0 Å². The summed E-state index contributed by atoms with van der Waals surface area (Å²) in [6.07, 6.45) is 1.50. The van der Waals surface area contributed by atoms with Crippen molar-refractivity contribution in [3.05, 3.63) is 74.2 Å². The van der Waals surface area contributed by atoms with Crippen LogP contribution >= 0.6 is 0 Å². The molecule has 1 aromatic carbocycles. The first-order valence-electron chi connectivity index (χ1n) is 10.6. The van der Waals surface area contributed by atoms with Crippen molar-refractivity contribution in [3.8, 4) is 5.95 Å². The van der Waals surface area contributed by atoms with Gasteiger partial charge in [0.25, 0.3) is 5.56 Å². The molecule has 0 unspecified atom stereocenters. The van der Waals surface area contributed by atoms with E-state index in [1.54, 1.807) is 11.7 Å². The molecule has 0 fully saturated rings. The van der Waals surface area contributed by atoms with E-state index in [0.29, 0.717) is 30.1 Å². The Morgan fingerprint density at radius 3 is 2.39 bits per heavy atom. The number of benzene rings is 1. The Kier molecular flexibility index (Phi) is 5.39. The molecule has 8 heteroatoms. The van der Waals surface area contributed by atoms with E-state index in [9.17, 15) is 9.59 Å². The van der Waals surface area contributed by atoms with Crippen LogP contribution in [-0.4, -0.2) is 28.5 Å². The molecular formula is C23H28N6O2. The smallest absolute Gasteiger partial charge is 0.300 e. The Hall–Kier alpha value is -3.42. The second kappa shape index (κ2) is 8.02. The summed E-state index contributed by atoms with van der Waals surface area (Å²) in [4.78, 5) is 31.1. The van der Waals surface area contributed by atoms with E-state index in [-0.39, 0.29) is 17.3 Å². The SMILES string of the molecule is Cc1cc(C)n(-c2nc3c(c(=O)n(CCCc4ccccc4)c(=O)n3C)n2C(C)C)n1. The Balaban J connectivity index is 1.84. The second-order valence-corrected chi connectivity index (χ2v) is 8.27. The average Bonchev–Trinajstić information content (AvgIpc) is 3.29. The van der Waals surface area contributed by atoms with Gasteiger partial charge in [-0.1, -0.05) is 30.3 Å².